The Bertz CT molecular complexity index is 1020. The molecule has 2 aromatic carbocycles. The maximum absolute atomic E-state index is 13.2. The van der Waals surface area contributed by atoms with Crippen LogP contribution in [0.5, 0.6) is 0 Å². The van der Waals surface area contributed by atoms with E-state index < -0.39 is 5.82 Å². The zero-order valence-electron chi connectivity index (χ0n) is 18.3. The summed E-state index contributed by atoms with van der Waals surface area (Å²) < 4.78 is 18.2. The molecule has 0 radical (unpaired) electrons. The van der Waals surface area contributed by atoms with Crippen molar-refractivity contribution in [3.8, 4) is 6.07 Å². The number of hydrogen-bond acceptors (Lipinski definition) is 4. The molecule has 0 fully saturated rings. The molecular weight excluding hydrogens is 379 g/mol. The lowest BCUT2D eigenvalue weighted by molar-refractivity contribution is 0.317. The SMILES string of the molecule is C=C(OC)C(=NC)c1ccccc1.CCC.CCc1nc2cc(C#N)c(F)cc2[nH]1. The van der Waals surface area contributed by atoms with E-state index in [0.717, 1.165) is 23.5 Å². The molecule has 1 heterocycles. The molecule has 5 nitrogen and oxygen atoms in total. The molecule has 30 heavy (non-hydrogen) atoms. The number of ether oxygens (including phenoxy) is 1. The lowest BCUT2D eigenvalue weighted by Gasteiger charge is -2.07. The smallest absolute Gasteiger partial charge is 0.143 e. The van der Waals surface area contributed by atoms with Gasteiger partial charge in [-0.15, -0.1) is 0 Å². The molecule has 0 aliphatic heterocycles. The number of aromatic amines is 1. The number of aromatic nitrogens is 2. The summed E-state index contributed by atoms with van der Waals surface area (Å²) in [6.07, 6.45) is 2.01. The standard InChI is InChI=1S/C11H13NO.C10H8FN3.C3H8/c1-9(13-3)11(12-2)10-7-5-4-6-8-10;1-2-10-13-8-3-6(5-12)7(11)4-9(8)14-10;1-3-2/h4-8H,1H2,2-3H3;3-4H,2H2,1H3,(H,13,14);3H2,1-2H3. The van der Waals surface area contributed by atoms with Gasteiger partial charge in [0.25, 0.3) is 0 Å². The Labute approximate surface area is 178 Å². The predicted molar refractivity (Wildman–Crippen MR) is 121 cm³/mol. The Hall–Kier alpha value is -3.46. The van der Waals surface area contributed by atoms with Gasteiger partial charge in [-0.1, -0.05) is 64.1 Å². The van der Waals surface area contributed by atoms with Crippen molar-refractivity contribution in [1.29, 1.82) is 5.26 Å². The Morgan fingerprint density at radius 2 is 1.87 bits per heavy atom. The van der Waals surface area contributed by atoms with Crippen molar-refractivity contribution in [1.82, 2.24) is 9.97 Å². The van der Waals surface area contributed by atoms with Gasteiger partial charge in [0.05, 0.1) is 23.7 Å². The van der Waals surface area contributed by atoms with Crippen molar-refractivity contribution in [2.45, 2.75) is 33.6 Å². The number of rotatable bonds is 4. The molecule has 0 amide bonds. The Kier molecular flexibility index (Phi) is 10.6. The molecule has 0 saturated carbocycles. The summed E-state index contributed by atoms with van der Waals surface area (Å²) in [5, 5.41) is 8.61. The van der Waals surface area contributed by atoms with Crippen LogP contribution in [0.3, 0.4) is 0 Å². The van der Waals surface area contributed by atoms with E-state index in [1.165, 1.54) is 18.6 Å². The van der Waals surface area contributed by atoms with Gasteiger partial charge >= 0.3 is 0 Å². The van der Waals surface area contributed by atoms with Gasteiger partial charge in [0.1, 0.15) is 29.2 Å². The average Bonchev–Trinajstić information content (AvgIpc) is 3.17. The zero-order chi connectivity index (χ0) is 22.5. The van der Waals surface area contributed by atoms with E-state index in [1.807, 2.05) is 37.3 Å². The minimum Gasteiger partial charge on any atom is -0.495 e. The first kappa shape index (κ1) is 24.6. The van der Waals surface area contributed by atoms with Crippen LogP contribution < -0.4 is 0 Å². The monoisotopic (exact) mass is 408 g/mol. The third kappa shape index (κ3) is 6.85. The molecule has 0 saturated heterocycles. The molecule has 6 heteroatoms. The molecule has 0 spiro atoms. The van der Waals surface area contributed by atoms with Gasteiger partial charge in [-0.25, -0.2) is 9.37 Å². The van der Waals surface area contributed by atoms with Gasteiger partial charge in [-0.05, 0) is 6.07 Å². The topological polar surface area (TPSA) is 74.1 Å². The summed E-state index contributed by atoms with van der Waals surface area (Å²) in [5.74, 6) is 0.884. The van der Waals surface area contributed by atoms with E-state index in [-0.39, 0.29) is 5.56 Å². The largest absolute Gasteiger partial charge is 0.495 e. The number of H-pyrrole nitrogens is 1. The van der Waals surface area contributed by atoms with E-state index >= 15 is 0 Å². The molecule has 3 aromatic rings. The highest BCUT2D eigenvalue weighted by Crippen LogP contribution is 2.17. The summed E-state index contributed by atoms with van der Waals surface area (Å²) in [6, 6.07) is 14.4. The minimum absolute atomic E-state index is 0.0339. The third-order valence-electron chi connectivity index (χ3n) is 3.86. The Morgan fingerprint density at radius 3 is 2.37 bits per heavy atom. The van der Waals surface area contributed by atoms with Crippen LogP contribution in [0.15, 0.2) is 59.8 Å². The molecule has 1 aromatic heterocycles. The van der Waals surface area contributed by atoms with Crippen molar-refractivity contribution in [3.63, 3.8) is 0 Å². The van der Waals surface area contributed by atoms with E-state index in [9.17, 15) is 4.39 Å². The van der Waals surface area contributed by atoms with Crippen molar-refractivity contribution < 1.29 is 9.13 Å². The number of methoxy groups -OCH3 is 1. The lowest BCUT2D eigenvalue weighted by atomic mass is 10.1. The number of fused-ring (bicyclic) bond motifs is 1. The van der Waals surface area contributed by atoms with Gasteiger partial charge in [0.15, 0.2) is 0 Å². The van der Waals surface area contributed by atoms with Crippen LogP contribution in [0.4, 0.5) is 4.39 Å². The lowest BCUT2D eigenvalue weighted by Crippen LogP contribution is -2.05. The number of nitrogens with zero attached hydrogens (tertiary/aromatic N) is 3. The molecule has 0 atom stereocenters. The summed E-state index contributed by atoms with van der Waals surface area (Å²) in [4.78, 5) is 11.3. The maximum Gasteiger partial charge on any atom is 0.143 e. The van der Waals surface area contributed by atoms with Gasteiger partial charge in [-0.3, -0.25) is 4.99 Å². The summed E-state index contributed by atoms with van der Waals surface area (Å²) >= 11 is 0. The summed E-state index contributed by atoms with van der Waals surface area (Å²) in [7, 11) is 3.32. The second-order valence-electron chi connectivity index (χ2n) is 6.27. The van der Waals surface area contributed by atoms with Crippen molar-refractivity contribution in [2.75, 3.05) is 14.2 Å². The van der Waals surface area contributed by atoms with E-state index in [2.05, 4.69) is 35.4 Å². The molecule has 1 N–H and O–H groups in total. The van der Waals surface area contributed by atoms with Crippen molar-refractivity contribution >= 4 is 16.7 Å². The van der Waals surface area contributed by atoms with Gasteiger partial charge in [0, 0.05) is 25.1 Å². The average molecular weight is 409 g/mol. The van der Waals surface area contributed by atoms with Crippen LogP contribution in [-0.2, 0) is 11.2 Å². The fraction of sp³-hybridized carbons (Fsp3) is 0.292. The maximum atomic E-state index is 13.2. The van der Waals surface area contributed by atoms with Crippen LogP contribution in [0.1, 0.15) is 44.1 Å². The summed E-state index contributed by atoms with van der Waals surface area (Å²) in [6.45, 7) is 9.98. The minimum atomic E-state index is -0.508. The fourth-order valence-electron chi connectivity index (χ4n) is 2.44. The number of nitrogens with one attached hydrogen (secondary N) is 1. The number of aryl methyl sites for hydroxylation is 1. The second kappa shape index (κ2) is 12.9. The first-order valence-electron chi connectivity index (χ1n) is 9.79. The highest BCUT2D eigenvalue weighted by Gasteiger charge is 2.07. The van der Waals surface area contributed by atoms with E-state index in [4.69, 9.17) is 10.00 Å². The zero-order valence-corrected chi connectivity index (χ0v) is 18.3. The number of allylic oxidation sites excluding steroid dienone is 1. The number of nitriles is 1. The Balaban J connectivity index is 0.000000266. The van der Waals surface area contributed by atoms with Gasteiger partial charge < -0.3 is 9.72 Å². The third-order valence-corrected chi connectivity index (χ3v) is 3.86. The summed E-state index contributed by atoms with van der Waals surface area (Å²) in [5.41, 5.74) is 3.13. The quantitative estimate of drug-likeness (QED) is 0.437. The van der Waals surface area contributed by atoms with Crippen LogP contribution in [0.2, 0.25) is 0 Å². The van der Waals surface area contributed by atoms with E-state index in [0.29, 0.717) is 16.8 Å². The normalized spacial score (nSPS) is 10.2. The molecule has 0 aliphatic carbocycles. The van der Waals surface area contributed by atoms with Crippen molar-refractivity contribution in [3.05, 3.63) is 77.6 Å². The van der Waals surface area contributed by atoms with Gasteiger partial charge in [0.2, 0.25) is 0 Å². The number of hydrogen-bond donors (Lipinski definition) is 1. The van der Waals surface area contributed by atoms with Crippen LogP contribution in [-0.4, -0.2) is 29.8 Å². The molecule has 0 unspecified atom stereocenters. The fourth-order valence-corrected chi connectivity index (χ4v) is 2.44. The highest BCUT2D eigenvalue weighted by atomic mass is 19.1. The first-order chi connectivity index (χ1) is 14.4. The molecule has 0 bridgehead atoms. The Morgan fingerprint density at radius 1 is 1.23 bits per heavy atom. The molecular formula is C24H29FN4O. The van der Waals surface area contributed by atoms with Crippen molar-refractivity contribution in [2.24, 2.45) is 4.99 Å². The predicted octanol–water partition coefficient (Wildman–Crippen LogP) is 5.82. The molecule has 0 aliphatic rings. The first-order valence-corrected chi connectivity index (χ1v) is 9.79. The highest BCUT2D eigenvalue weighted by molar-refractivity contribution is 6.10. The van der Waals surface area contributed by atoms with Gasteiger partial charge in [-0.2, -0.15) is 5.26 Å². The van der Waals surface area contributed by atoms with Crippen LogP contribution in [0.25, 0.3) is 11.0 Å². The number of aliphatic imine (C=N–C) groups is 1. The second-order valence-corrected chi connectivity index (χ2v) is 6.27. The number of imidazole rings is 1. The van der Waals surface area contributed by atoms with Crippen LogP contribution >= 0.6 is 0 Å². The van der Waals surface area contributed by atoms with Crippen LogP contribution in [0, 0.1) is 17.1 Å². The number of halogens is 1. The molecule has 158 valence electrons. The van der Waals surface area contributed by atoms with E-state index in [1.54, 1.807) is 20.2 Å². The molecule has 3 rings (SSSR count). The number of benzene rings is 2.